The van der Waals surface area contributed by atoms with E-state index in [4.69, 9.17) is 5.11 Å². The summed E-state index contributed by atoms with van der Waals surface area (Å²) in [6, 6.07) is 0. The highest BCUT2D eigenvalue weighted by Gasteiger charge is 2.19. The molecule has 1 heterocycles. The molecule has 0 unspecified atom stereocenters. The Hall–Kier alpha value is -0.860. The fourth-order valence-corrected chi connectivity index (χ4v) is 1.72. The van der Waals surface area contributed by atoms with E-state index in [0.717, 1.165) is 0 Å². The van der Waals surface area contributed by atoms with E-state index in [2.05, 4.69) is 15.0 Å². The summed E-state index contributed by atoms with van der Waals surface area (Å²) in [5.74, 6) is 0.267. The van der Waals surface area contributed by atoms with Crippen molar-refractivity contribution in [3.8, 4) is 0 Å². The number of hydrogen-bond acceptors (Lipinski definition) is 6. The molecule has 7 nitrogen and oxygen atoms in total. The minimum atomic E-state index is -3.34. The van der Waals surface area contributed by atoms with Gasteiger partial charge in [0.25, 0.3) is 0 Å². The number of sulfonamides is 1. The SMILES string of the molecule is CC(C)S(=O)(=O)NC1=NCN(CCO)CN1. The molecule has 0 spiro atoms. The highest BCUT2D eigenvalue weighted by atomic mass is 32.2. The highest BCUT2D eigenvalue weighted by molar-refractivity contribution is 7.90. The second-order valence-electron chi connectivity index (χ2n) is 3.80. The van der Waals surface area contributed by atoms with Gasteiger partial charge in [0.1, 0.15) is 0 Å². The molecule has 1 aliphatic rings. The van der Waals surface area contributed by atoms with E-state index in [1.807, 2.05) is 4.90 Å². The Labute approximate surface area is 95.6 Å². The Morgan fingerprint density at radius 1 is 1.62 bits per heavy atom. The smallest absolute Gasteiger partial charge is 0.237 e. The molecule has 1 aliphatic heterocycles. The number of aliphatic imine (C=N–C) groups is 1. The maximum absolute atomic E-state index is 11.5. The number of guanidine groups is 1. The lowest BCUT2D eigenvalue weighted by atomic mass is 10.5. The molecule has 8 heteroatoms. The van der Waals surface area contributed by atoms with Gasteiger partial charge >= 0.3 is 0 Å². The average Bonchev–Trinajstić information content (AvgIpc) is 2.21. The summed E-state index contributed by atoms with van der Waals surface area (Å²) in [4.78, 5) is 5.88. The third kappa shape index (κ3) is 3.62. The number of aliphatic hydroxyl groups is 1. The predicted molar refractivity (Wildman–Crippen MR) is 61.3 cm³/mol. The van der Waals surface area contributed by atoms with Crippen LogP contribution in [0.15, 0.2) is 4.99 Å². The average molecular weight is 250 g/mol. The van der Waals surface area contributed by atoms with Gasteiger partial charge in [-0.3, -0.25) is 9.62 Å². The van der Waals surface area contributed by atoms with E-state index < -0.39 is 15.3 Å². The van der Waals surface area contributed by atoms with Crippen LogP contribution < -0.4 is 10.0 Å². The summed E-state index contributed by atoms with van der Waals surface area (Å²) >= 11 is 0. The summed E-state index contributed by atoms with van der Waals surface area (Å²) in [5.41, 5.74) is 0. The van der Waals surface area contributed by atoms with Crippen molar-refractivity contribution in [2.24, 2.45) is 4.99 Å². The van der Waals surface area contributed by atoms with Gasteiger partial charge in [-0.05, 0) is 13.8 Å². The second kappa shape index (κ2) is 5.46. The van der Waals surface area contributed by atoms with Crippen LogP contribution in [0.2, 0.25) is 0 Å². The molecule has 0 atom stereocenters. The number of hydrogen-bond donors (Lipinski definition) is 3. The minimum absolute atomic E-state index is 0.0598. The molecule has 0 saturated carbocycles. The summed E-state index contributed by atoms with van der Waals surface area (Å²) in [6.45, 7) is 4.63. The molecule has 0 aromatic heterocycles. The van der Waals surface area contributed by atoms with E-state index in [1.54, 1.807) is 13.8 Å². The van der Waals surface area contributed by atoms with Crippen molar-refractivity contribution < 1.29 is 13.5 Å². The Kier molecular flexibility index (Phi) is 4.51. The molecule has 0 bridgehead atoms. The number of nitrogens with zero attached hydrogens (tertiary/aromatic N) is 2. The number of nitrogens with one attached hydrogen (secondary N) is 2. The molecule has 1 rings (SSSR count). The molecule has 0 radical (unpaired) electrons. The third-order valence-corrected chi connectivity index (χ3v) is 3.89. The van der Waals surface area contributed by atoms with E-state index in [0.29, 0.717) is 19.9 Å². The van der Waals surface area contributed by atoms with Crippen LogP contribution in [0.3, 0.4) is 0 Å². The molecule has 0 aromatic carbocycles. The summed E-state index contributed by atoms with van der Waals surface area (Å²) in [5, 5.41) is 11.1. The quantitative estimate of drug-likeness (QED) is 0.563. The van der Waals surface area contributed by atoms with Crippen molar-refractivity contribution >= 4 is 16.0 Å². The lowest BCUT2D eigenvalue weighted by Gasteiger charge is -2.26. The van der Waals surface area contributed by atoms with E-state index >= 15 is 0 Å². The number of aliphatic hydroxyl groups excluding tert-OH is 1. The van der Waals surface area contributed by atoms with Crippen molar-refractivity contribution in [1.82, 2.24) is 14.9 Å². The van der Waals surface area contributed by atoms with Gasteiger partial charge in [-0.25, -0.2) is 13.4 Å². The van der Waals surface area contributed by atoms with Crippen LogP contribution in [0.5, 0.6) is 0 Å². The first-order valence-electron chi connectivity index (χ1n) is 5.09. The lowest BCUT2D eigenvalue weighted by molar-refractivity contribution is 0.190. The van der Waals surface area contributed by atoms with Gasteiger partial charge < -0.3 is 10.4 Å². The van der Waals surface area contributed by atoms with E-state index in [-0.39, 0.29) is 12.6 Å². The third-order valence-electron chi connectivity index (χ3n) is 2.17. The summed E-state index contributed by atoms with van der Waals surface area (Å²) < 4.78 is 25.4. The first-order chi connectivity index (χ1) is 7.45. The maximum Gasteiger partial charge on any atom is 0.237 e. The molecule has 94 valence electrons. The zero-order valence-corrected chi connectivity index (χ0v) is 10.3. The van der Waals surface area contributed by atoms with Crippen LogP contribution in [0.1, 0.15) is 13.8 Å². The van der Waals surface area contributed by atoms with Crippen molar-refractivity contribution in [2.45, 2.75) is 19.1 Å². The molecule has 0 amide bonds. The molecule has 0 aliphatic carbocycles. The van der Waals surface area contributed by atoms with Gasteiger partial charge in [0.15, 0.2) is 0 Å². The summed E-state index contributed by atoms with van der Waals surface area (Å²) in [7, 11) is -3.34. The molecule has 0 aromatic rings. The first-order valence-corrected chi connectivity index (χ1v) is 6.63. The van der Waals surface area contributed by atoms with Gasteiger partial charge in [-0.1, -0.05) is 0 Å². The largest absolute Gasteiger partial charge is 0.395 e. The van der Waals surface area contributed by atoms with Crippen LogP contribution in [0, 0.1) is 0 Å². The molecule has 0 saturated heterocycles. The lowest BCUT2D eigenvalue weighted by Crippen LogP contribution is -2.51. The van der Waals surface area contributed by atoms with Gasteiger partial charge in [-0.2, -0.15) is 0 Å². The zero-order valence-electron chi connectivity index (χ0n) is 9.47. The Bertz CT molecular complexity index is 352. The van der Waals surface area contributed by atoms with Crippen LogP contribution >= 0.6 is 0 Å². The molecule has 0 fully saturated rings. The maximum atomic E-state index is 11.5. The normalized spacial score (nSPS) is 18.1. The van der Waals surface area contributed by atoms with Crippen LogP contribution in [-0.4, -0.2) is 56.1 Å². The Morgan fingerprint density at radius 2 is 2.31 bits per heavy atom. The van der Waals surface area contributed by atoms with Gasteiger partial charge in [0.2, 0.25) is 16.0 Å². The van der Waals surface area contributed by atoms with Crippen molar-refractivity contribution in [3.63, 3.8) is 0 Å². The topological polar surface area (TPSA) is 94.0 Å². The molecule has 16 heavy (non-hydrogen) atoms. The fourth-order valence-electron chi connectivity index (χ4n) is 1.08. The highest BCUT2D eigenvalue weighted by Crippen LogP contribution is 1.98. The number of rotatable bonds is 4. The van der Waals surface area contributed by atoms with Gasteiger partial charge in [0, 0.05) is 6.54 Å². The van der Waals surface area contributed by atoms with Crippen molar-refractivity contribution in [2.75, 3.05) is 26.5 Å². The standard InChI is InChI=1S/C8H18N4O3S/c1-7(2)16(14,15)11-8-9-5-12(3-4-13)6-10-8/h7,13H,3-6H2,1-2H3,(H2,9,10,11). The first kappa shape index (κ1) is 13.2. The minimum Gasteiger partial charge on any atom is -0.395 e. The zero-order chi connectivity index (χ0) is 12.2. The van der Waals surface area contributed by atoms with Gasteiger partial charge in [0.05, 0.1) is 25.2 Å². The van der Waals surface area contributed by atoms with Crippen LogP contribution in [0.25, 0.3) is 0 Å². The van der Waals surface area contributed by atoms with E-state index in [9.17, 15) is 8.42 Å². The van der Waals surface area contributed by atoms with Crippen molar-refractivity contribution in [3.05, 3.63) is 0 Å². The van der Waals surface area contributed by atoms with E-state index in [1.165, 1.54) is 0 Å². The fraction of sp³-hybridized carbons (Fsp3) is 0.875. The van der Waals surface area contributed by atoms with Gasteiger partial charge in [-0.15, -0.1) is 0 Å². The molecule has 3 N–H and O–H groups in total. The molecular formula is C8H18N4O3S. The summed E-state index contributed by atoms with van der Waals surface area (Å²) in [6.07, 6.45) is 0. The molecular weight excluding hydrogens is 232 g/mol. The Morgan fingerprint density at radius 3 is 2.75 bits per heavy atom. The van der Waals surface area contributed by atoms with Crippen molar-refractivity contribution in [1.29, 1.82) is 0 Å². The monoisotopic (exact) mass is 250 g/mol. The number of β-amino-alcohol motifs (C(OH)–C–C–N with tert-alkyl or cyclic N) is 1. The van der Waals surface area contributed by atoms with Crippen LogP contribution in [0.4, 0.5) is 0 Å². The van der Waals surface area contributed by atoms with Crippen LogP contribution in [-0.2, 0) is 10.0 Å². The Balaban J connectivity index is 2.53. The second-order valence-corrected chi connectivity index (χ2v) is 6.03. The predicted octanol–water partition coefficient (Wildman–Crippen LogP) is -1.52.